The molecule has 1 fully saturated rings. The van der Waals surface area contributed by atoms with Gasteiger partial charge in [-0.1, -0.05) is 25.1 Å². The third kappa shape index (κ3) is 4.22. The van der Waals surface area contributed by atoms with Crippen molar-refractivity contribution in [3.63, 3.8) is 0 Å². The molecule has 0 aromatic heterocycles. The minimum absolute atomic E-state index is 0.640. The molecule has 1 N–H and O–H groups in total. The minimum Gasteiger partial charge on any atom is -0.496 e. The average Bonchev–Trinajstić information content (AvgIpc) is 2.70. The number of benzene rings is 1. The summed E-state index contributed by atoms with van der Waals surface area (Å²) >= 11 is 0. The normalized spacial score (nSPS) is 21.1. The molecule has 1 unspecified atom stereocenters. The van der Waals surface area contributed by atoms with Crippen molar-refractivity contribution >= 4 is 0 Å². The molecule has 1 heterocycles. The molecule has 1 aromatic carbocycles. The van der Waals surface area contributed by atoms with Gasteiger partial charge in [0, 0.05) is 18.2 Å². The van der Waals surface area contributed by atoms with Gasteiger partial charge in [-0.05, 0) is 45.0 Å². The summed E-state index contributed by atoms with van der Waals surface area (Å²) in [7, 11) is 1.74. The Balaban J connectivity index is 1.84. The Labute approximate surface area is 116 Å². The first-order valence-corrected chi connectivity index (χ1v) is 7.41. The molecule has 3 nitrogen and oxygen atoms in total. The van der Waals surface area contributed by atoms with Crippen LogP contribution in [-0.2, 0) is 6.54 Å². The van der Waals surface area contributed by atoms with Gasteiger partial charge < -0.3 is 15.0 Å². The Morgan fingerprint density at radius 1 is 1.26 bits per heavy atom. The van der Waals surface area contributed by atoms with Gasteiger partial charge in [-0.25, -0.2) is 0 Å². The van der Waals surface area contributed by atoms with Crippen molar-refractivity contribution in [1.82, 2.24) is 10.2 Å². The lowest BCUT2D eigenvalue weighted by Gasteiger charge is -2.19. The molecule has 0 saturated carbocycles. The molecule has 0 radical (unpaired) electrons. The molecule has 19 heavy (non-hydrogen) atoms. The number of nitrogens with zero attached hydrogens (tertiary/aromatic N) is 1. The molecule has 0 bridgehead atoms. The summed E-state index contributed by atoms with van der Waals surface area (Å²) < 4.78 is 5.40. The van der Waals surface area contributed by atoms with Crippen molar-refractivity contribution in [2.75, 3.05) is 26.7 Å². The standard InChI is InChI=1S/C16H26N2O/c1-3-18-11-6-8-15(10-12-18)17-13-14-7-4-5-9-16(14)19-2/h4-5,7,9,15,17H,3,6,8,10-13H2,1-2H3. The maximum Gasteiger partial charge on any atom is 0.123 e. The van der Waals surface area contributed by atoms with Gasteiger partial charge in [-0.2, -0.15) is 0 Å². The Morgan fingerprint density at radius 3 is 2.89 bits per heavy atom. The highest BCUT2D eigenvalue weighted by Crippen LogP contribution is 2.18. The number of likely N-dealkylation sites (tertiary alicyclic amines) is 1. The zero-order valence-corrected chi connectivity index (χ0v) is 12.2. The van der Waals surface area contributed by atoms with Crippen molar-refractivity contribution in [2.45, 2.75) is 38.8 Å². The van der Waals surface area contributed by atoms with Crippen LogP contribution in [0.4, 0.5) is 0 Å². The Kier molecular flexibility index (Phi) is 5.67. The van der Waals surface area contributed by atoms with Crippen LogP contribution in [0.25, 0.3) is 0 Å². The molecule has 1 aliphatic rings. The number of hydrogen-bond donors (Lipinski definition) is 1. The van der Waals surface area contributed by atoms with E-state index in [1.807, 2.05) is 12.1 Å². The van der Waals surface area contributed by atoms with E-state index < -0.39 is 0 Å². The molecule has 3 heteroatoms. The zero-order chi connectivity index (χ0) is 13.5. The molecule has 1 aliphatic heterocycles. The van der Waals surface area contributed by atoms with E-state index in [1.165, 1.54) is 44.5 Å². The molecule has 2 rings (SSSR count). The molecular weight excluding hydrogens is 236 g/mol. The van der Waals surface area contributed by atoms with Crippen molar-refractivity contribution in [3.05, 3.63) is 29.8 Å². The molecule has 1 aromatic rings. The van der Waals surface area contributed by atoms with Gasteiger partial charge in [0.05, 0.1) is 7.11 Å². The van der Waals surface area contributed by atoms with E-state index in [0.29, 0.717) is 6.04 Å². The second kappa shape index (κ2) is 7.51. The Morgan fingerprint density at radius 2 is 2.11 bits per heavy atom. The van der Waals surface area contributed by atoms with Crippen LogP contribution in [0.15, 0.2) is 24.3 Å². The Hall–Kier alpha value is -1.06. The second-order valence-electron chi connectivity index (χ2n) is 5.25. The second-order valence-corrected chi connectivity index (χ2v) is 5.25. The predicted octanol–water partition coefficient (Wildman–Crippen LogP) is 2.66. The molecule has 0 amide bonds. The topological polar surface area (TPSA) is 24.5 Å². The van der Waals surface area contributed by atoms with Crippen LogP contribution in [0.1, 0.15) is 31.7 Å². The SMILES string of the molecule is CCN1CCCC(NCc2ccccc2OC)CC1. The zero-order valence-electron chi connectivity index (χ0n) is 12.2. The summed E-state index contributed by atoms with van der Waals surface area (Å²) in [5.74, 6) is 0.985. The number of rotatable bonds is 5. The van der Waals surface area contributed by atoms with Crippen LogP contribution >= 0.6 is 0 Å². The van der Waals surface area contributed by atoms with E-state index in [1.54, 1.807) is 7.11 Å². The molecular formula is C16H26N2O. The number of methoxy groups -OCH3 is 1. The maximum atomic E-state index is 5.40. The van der Waals surface area contributed by atoms with E-state index in [9.17, 15) is 0 Å². The van der Waals surface area contributed by atoms with E-state index >= 15 is 0 Å². The lowest BCUT2D eigenvalue weighted by Crippen LogP contribution is -2.30. The highest BCUT2D eigenvalue weighted by molar-refractivity contribution is 5.33. The molecule has 0 aliphatic carbocycles. The Bertz CT molecular complexity index is 381. The summed E-state index contributed by atoms with van der Waals surface area (Å²) in [6, 6.07) is 8.91. The lowest BCUT2D eigenvalue weighted by atomic mass is 10.1. The van der Waals surface area contributed by atoms with Gasteiger partial charge in [0.15, 0.2) is 0 Å². The summed E-state index contributed by atoms with van der Waals surface area (Å²) in [5, 5.41) is 3.69. The van der Waals surface area contributed by atoms with Crippen molar-refractivity contribution < 1.29 is 4.74 Å². The maximum absolute atomic E-state index is 5.40. The van der Waals surface area contributed by atoms with Crippen molar-refractivity contribution in [2.24, 2.45) is 0 Å². The van der Waals surface area contributed by atoms with Crippen LogP contribution < -0.4 is 10.1 Å². The first-order chi connectivity index (χ1) is 9.33. The van der Waals surface area contributed by atoms with Crippen molar-refractivity contribution in [1.29, 1.82) is 0 Å². The first-order valence-electron chi connectivity index (χ1n) is 7.41. The van der Waals surface area contributed by atoms with Crippen LogP contribution in [0.2, 0.25) is 0 Å². The number of ether oxygens (including phenoxy) is 1. The summed E-state index contributed by atoms with van der Waals surface area (Å²) in [6.45, 7) is 6.81. The summed E-state index contributed by atoms with van der Waals surface area (Å²) in [6.07, 6.45) is 3.84. The van der Waals surface area contributed by atoms with Gasteiger partial charge in [0.25, 0.3) is 0 Å². The smallest absolute Gasteiger partial charge is 0.123 e. The number of nitrogens with one attached hydrogen (secondary N) is 1. The van der Waals surface area contributed by atoms with Crippen LogP contribution in [0.5, 0.6) is 5.75 Å². The highest BCUT2D eigenvalue weighted by Gasteiger charge is 2.15. The summed E-state index contributed by atoms with van der Waals surface area (Å²) in [5.41, 5.74) is 1.25. The number of para-hydroxylation sites is 1. The highest BCUT2D eigenvalue weighted by atomic mass is 16.5. The predicted molar refractivity (Wildman–Crippen MR) is 79.6 cm³/mol. The molecule has 1 saturated heterocycles. The van der Waals surface area contributed by atoms with E-state index in [4.69, 9.17) is 4.74 Å². The van der Waals surface area contributed by atoms with E-state index in [-0.39, 0.29) is 0 Å². The number of hydrogen-bond acceptors (Lipinski definition) is 3. The van der Waals surface area contributed by atoms with E-state index in [2.05, 4.69) is 29.3 Å². The lowest BCUT2D eigenvalue weighted by molar-refractivity contribution is 0.297. The van der Waals surface area contributed by atoms with E-state index in [0.717, 1.165) is 12.3 Å². The summed E-state index contributed by atoms with van der Waals surface area (Å²) in [4.78, 5) is 2.55. The van der Waals surface area contributed by atoms with Crippen molar-refractivity contribution in [3.8, 4) is 5.75 Å². The molecule has 0 spiro atoms. The third-order valence-electron chi connectivity index (χ3n) is 4.04. The van der Waals surface area contributed by atoms with Gasteiger partial charge >= 0.3 is 0 Å². The quantitative estimate of drug-likeness (QED) is 0.883. The fourth-order valence-corrected chi connectivity index (χ4v) is 2.78. The first kappa shape index (κ1) is 14.4. The van der Waals surface area contributed by atoms with Gasteiger partial charge in [-0.15, -0.1) is 0 Å². The third-order valence-corrected chi connectivity index (χ3v) is 4.04. The van der Waals surface area contributed by atoms with Gasteiger partial charge in [-0.3, -0.25) is 0 Å². The van der Waals surface area contributed by atoms with Gasteiger partial charge in [0.2, 0.25) is 0 Å². The van der Waals surface area contributed by atoms with Crippen LogP contribution in [0.3, 0.4) is 0 Å². The van der Waals surface area contributed by atoms with Crippen LogP contribution in [0, 0.1) is 0 Å². The molecule has 1 atom stereocenters. The average molecular weight is 262 g/mol. The fourth-order valence-electron chi connectivity index (χ4n) is 2.78. The minimum atomic E-state index is 0.640. The monoisotopic (exact) mass is 262 g/mol. The molecule has 106 valence electrons. The largest absolute Gasteiger partial charge is 0.496 e. The fraction of sp³-hybridized carbons (Fsp3) is 0.625. The van der Waals surface area contributed by atoms with Crippen LogP contribution in [-0.4, -0.2) is 37.7 Å². The van der Waals surface area contributed by atoms with Gasteiger partial charge in [0.1, 0.15) is 5.75 Å².